The molecule has 5 aliphatic rings. The highest BCUT2D eigenvalue weighted by Crippen LogP contribution is 2.58. The monoisotopic (exact) mass is 861 g/mol. The second kappa shape index (κ2) is 16.0. The first kappa shape index (κ1) is 42.6. The Kier molecular flexibility index (Phi) is 11.3. The molecule has 5 atom stereocenters. The molecular formula is C45H59N5O8S2. The third-order valence-electron chi connectivity index (χ3n) is 13.0. The lowest BCUT2D eigenvalue weighted by Crippen LogP contribution is -2.47. The van der Waals surface area contributed by atoms with E-state index in [1.165, 1.54) is 0 Å². The first-order chi connectivity index (χ1) is 28.4. The van der Waals surface area contributed by atoms with Crippen LogP contribution in [-0.2, 0) is 33.9 Å². The fourth-order valence-electron chi connectivity index (χ4n) is 8.98. The Morgan fingerprint density at radius 3 is 2.53 bits per heavy atom. The summed E-state index contributed by atoms with van der Waals surface area (Å²) >= 11 is 1.61. The summed E-state index contributed by atoms with van der Waals surface area (Å²) < 4.78 is 42.4. The highest BCUT2D eigenvalue weighted by atomic mass is 32.2. The number of para-hydroxylation sites is 1. The van der Waals surface area contributed by atoms with Gasteiger partial charge >= 0.3 is 5.97 Å². The van der Waals surface area contributed by atoms with E-state index < -0.39 is 55.7 Å². The molecule has 13 nitrogen and oxygen atoms in total. The number of carbonyl (C=O) groups is 4. The molecule has 4 fully saturated rings. The number of aromatic nitrogens is 3. The standard InChI is InChI=1S/C45H59N5O8S2/c1-27(2)50-34-16-12-15-32(39-46-33(26-59-39)28-17-18-28)38(34)47-42(50)57-31-22-35-36(51)24-45(41(54)48-60(55,56)44(6)19-20-44)23-30(45)14-11-9-7-8-10-13-29(40(53)49(35)25-31)21-37(52)58-43(3,4)5/h11-12,14-16,26-31,35H,7-10,13,17-25H2,1-6H3,(H,48,54)/b14-11-/t29-,30-,31-,35+,45-/m1/s1. The van der Waals surface area contributed by atoms with Crippen LogP contribution in [0.4, 0.5) is 0 Å². The van der Waals surface area contributed by atoms with E-state index in [1.807, 2.05) is 34.9 Å². The fourth-order valence-corrected chi connectivity index (χ4v) is 11.2. The molecule has 2 aromatic heterocycles. The molecule has 4 heterocycles. The second-order valence-electron chi connectivity index (χ2n) is 19.4. The van der Waals surface area contributed by atoms with Crippen molar-refractivity contribution < 1.29 is 37.1 Å². The molecule has 1 N–H and O–H groups in total. The Labute approximate surface area is 357 Å². The lowest BCUT2D eigenvalue weighted by atomic mass is 9.90. The fraction of sp³-hybridized carbons (Fsp3) is 0.644. The Morgan fingerprint density at radius 2 is 1.83 bits per heavy atom. The van der Waals surface area contributed by atoms with Crippen LogP contribution in [0.5, 0.6) is 6.01 Å². The highest BCUT2D eigenvalue weighted by Gasteiger charge is 2.62. The Balaban J connectivity index is 1.12. The van der Waals surface area contributed by atoms with Crippen molar-refractivity contribution >= 4 is 56.0 Å². The van der Waals surface area contributed by atoms with E-state index in [4.69, 9.17) is 19.4 Å². The maximum atomic E-state index is 14.8. The quantitative estimate of drug-likeness (QED) is 0.157. The van der Waals surface area contributed by atoms with Crippen LogP contribution in [0.25, 0.3) is 21.6 Å². The first-order valence-corrected chi connectivity index (χ1v) is 24.2. The van der Waals surface area contributed by atoms with Crippen LogP contribution in [0.1, 0.15) is 143 Å². The van der Waals surface area contributed by atoms with Gasteiger partial charge in [0.25, 0.3) is 6.01 Å². The summed E-state index contributed by atoms with van der Waals surface area (Å²) in [5.41, 5.74) is 1.68. The molecule has 0 spiro atoms. The number of thiazole rings is 1. The number of allylic oxidation sites excluding steroid dienone is 2. The van der Waals surface area contributed by atoms with Crippen LogP contribution in [0.15, 0.2) is 35.7 Å². The number of nitrogens with one attached hydrogen (secondary N) is 1. The van der Waals surface area contributed by atoms with Crippen LogP contribution in [0.3, 0.4) is 0 Å². The van der Waals surface area contributed by atoms with Gasteiger partial charge < -0.3 is 14.4 Å². The van der Waals surface area contributed by atoms with Gasteiger partial charge in [-0.2, -0.15) is 4.98 Å². The van der Waals surface area contributed by atoms with Crippen molar-refractivity contribution in [2.24, 2.45) is 17.3 Å². The van der Waals surface area contributed by atoms with E-state index in [0.29, 0.717) is 44.0 Å². The third-order valence-corrected chi connectivity index (χ3v) is 16.1. The number of benzene rings is 1. The van der Waals surface area contributed by atoms with Crippen LogP contribution in [0, 0.1) is 17.3 Å². The van der Waals surface area contributed by atoms with Gasteiger partial charge in [-0.05, 0) is 111 Å². The van der Waals surface area contributed by atoms with Crippen LogP contribution in [0.2, 0.25) is 0 Å². The van der Waals surface area contributed by atoms with E-state index in [9.17, 15) is 27.6 Å². The summed E-state index contributed by atoms with van der Waals surface area (Å²) in [6, 6.07) is 5.39. The topological polar surface area (TPSA) is 167 Å². The Bertz CT molecular complexity index is 2320. The van der Waals surface area contributed by atoms with Gasteiger partial charge in [0.05, 0.1) is 40.4 Å². The molecule has 2 aliphatic heterocycles. The Morgan fingerprint density at radius 1 is 1.07 bits per heavy atom. The predicted molar refractivity (Wildman–Crippen MR) is 229 cm³/mol. The lowest BCUT2D eigenvalue weighted by Gasteiger charge is -2.29. The number of hydrogen-bond acceptors (Lipinski definition) is 11. The SMILES string of the molecule is CC(C)n1c(O[C@@H]2C[C@H]3C(=O)C[C@]4(C(=O)NS(=O)(=O)C5(C)CC5)C[C@H]4/C=C\CCCCC[C@H](CC(=O)OC(C)(C)C)C(=O)N3C2)nc2c(-c3nc(C4CC4)cs3)cccc21. The number of nitrogens with zero attached hydrogens (tertiary/aromatic N) is 4. The van der Waals surface area contributed by atoms with Crippen LogP contribution < -0.4 is 9.46 Å². The molecule has 0 bridgehead atoms. The number of carbonyl (C=O) groups excluding carboxylic acids is 4. The van der Waals surface area contributed by atoms with Gasteiger partial charge in [0.15, 0.2) is 5.78 Å². The molecule has 2 amide bonds. The number of fused-ring (bicyclic) bond motifs is 3. The number of amides is 2. The van der Waals surface area contributed by atoms with E-state index in [2.05, 4.69) is 23.9 Å². The van der Waals surface area contributed by atoms with E-state index in [0.717, 1.165) is 59.4 Å². The van der Waals surface area contributed by atoms with Crippen molar-refractivity contribution in [1.29, 1.82) is 0 Å². The Hall–Kier alpha value is -4.11. The maximum Gasteiger partial charge on any atom is 0.307 e. The third kappa shape index (κ3) is 8.67. The van der Waals surface area contributed by atoms with Gasteiger partial charge in [-0.1, -0.05) is 31.1 Å². The number of imidazole rings is 1. The minimum absolute atomic E-state index is 0.0423. The molecule has 0 unspecified atom stereocenters. The van der Waals surface area contributed by atoms with E-state index >= 15 is 0 Å². The summed E-state index contributed by atoms with van der Waals surface area (Å²) in [5.74, 6) is -2.34. The molecule has 0 radical (unpaired) electrons. The van der Waals surface area contributed by atoms with Crippen LogP contribution in [-0.4, -0.2) is 80.5 Å². The summed E-state index contributed by atoms with van der Waals surface area (Å²) in [6.07, 6.45) is 10.2. The predicted octanol–water partition coefficient (Wildman–Crippen LogP) is 7.80. The molecule has 15 heteroatoms. The number of hydrogen-bond donors (Lipinski definition) is 1. The van der Waals surface area contributed by atoms with Gasteiger partial charge in [-0.3, -0.25) is 28.5 Å². The zero-order valence-electron chi connectivity index (χ0n) is 35.7. The van der Waals surface area contributed by atoms with E-state index in [-0.39, 0.29) is 49.5 Å². The first-order valence-electron chi connectivity index (χ1n) is 21.8. The summed E-state index contributed by atoms with van der Waals surface area (Å²) in [7, 11) is -3.95. The number of ether oxygens (including phenoxy) is 2. The van der Waals surface area contributed by atoms with Crippen molar-refractivity contribution in [1.82, 2.24) is 24.2 Å². The molecule has 3 aromatic rings. The lowest BCUT2D eigenvalue weighted by molar-refractivity contribution is -0.159. The number of ketones is 1. The molecule has 3 aliphatic carbocycles. The van der Waals surface area contributed by atoms with Gasteiger partial charge in [0.1, 0.15) is 22.2 Å². The molecular weight excluding hydrogens is 803 g/mol. The largest absolute Gasteiger partial charge is 0.460 e. The minimum Gasteiger partial charge on any atom is -0.460 e. The molecule has 8 rings (SSSR count). The number of Topliss-reactive ketones (excluding diaryl/α,β-unsaturated/α-hetero) is 1. The maximum absolute atomic E-state index is 14.8. The molecule has 1 aromatic carbocycles. The number of sulfonamides is 1. The summed E-state index contributed by atoms with van der Waals surface area (Å²) in [6.45, 7) is 11.2. The summed E-state index contributed by atoms with van der Waals surface area (Å²) in [5, 5.41) is 3.03. The van der Waals surface area contributed by atoms with Gasteiger partial charge in [0.2, 0.25) is 21.8 Å². The van der Waals surface area contributed by atoms with Gasteiger partial charge in [0, 0.05) is 41.7 Å². The average molecular weight is 862 g/mol. The molecule has 3 saturated carbocycles. The number of esters is 1. The van der Waals surface area contributed by atoms with Crippen molar-refractivity contribution in [3.05, 3.63) is 41.4 Å². The van der Waals surface area contributed by atoms with Crippen molar-refractivity contribution in [3.8, 4) is 16.6 Å². The van der Waals surface area contributed by atoms with E-state index in [1.54, 1.807) is 43.9 Å². The minimum atomic E-state index is -3.95. The highest BCUT2D eigenvalue weighted by molar-refractivity contribution is 7.91. The average Bonchev–Trinajstić information content (AvgIpc) is 4.13. The number of rotatable bonds is 10. The van der Waals surface area contributed by atoms with Crippen molar-refractivity contribution in [2.75, 3.05) is 6.54 Å². The van der Waals surface area contributed by atoms with Gasteiger partial charge in [-0.25, -0.2) is 13.4 Å². The zero-order chi connectivity index (χ0) is 42.8. The molecule has 60 heavy (non-hydrogen) atoms. The zero-order valence-corrected chi connectivity index (χ0v) is 37.3. The smallest absolute Gasteiger partial charge is 0.307 e. The van der Waals surface area contributed by atoms with Gasteiger partial charge in [-0.15, -0.1) is 11.3 Å². The normalized spacial score (nSPS) is 27.8. The second-order valence-corrected chi connectivity index (χ2v) is 22.5. The van der Waals surface area contributed by atoms with Crippen molar-refractivity contribution in [3.63, 3.8) is 0 Å². The van der Waals surface area contributed by atoms with Crippen molar-refractivity contribution in [2.45, 2.75) is 159 Å². The molecule has 324 valence electrons. The molecule has 1 saturated heterocycles. The summed E-state index contributed by atoms with van der Waals surface area (Å²) in [4.78, 5) is 68.5. The van der Waals surface area contributed by atoms with Crippen LogP contribution >= 0.6 is 11.3 Å².